The van der Waals surface area contributed by atoms with Crippen LogP contribution in [0.15, 0.2) is 47.3 Å². The number of H-pyrrole nitrogens is 1. The van der Waals surface area contributed by atoms with Crippen molar-refractivity contribution in [3.8, 4) is 0 Å². The van der Waals surface area contributed by atoms with E-state index in [2.05, 4.69) is 14.9 Å². The molecule has 28 heavy (non-hydrogen) atoms. The molecule has 4 rings (SSSR count). The Hall–Kier alpha value is -2.77. The summed E-state index contributed by atoms with van der Waals surface area (Å²) in [4.78, 5) is 36.0. The number of carbonyl (C=O) groups is 1. The summed E-state index contributed by atoms with van der Waals surface area (Å²) in [5.41, 5.74) is 0.870. The fraction of sp³-hybridized carbons (Fsp3) is 0.250. The quantitative estimate of drug-likeness (QED) is 0.734. The second-order valence-electron chi connectivity index (χ2n) is 6.75. The molecule has 1 amide bonds. The van der Waals surface area contributed by atoms with Gasteiger partial charge in [0, 0.05) is 36.8 Å². The lowest BCUT2D eigenvalue weighted by Gasteiger charge is -2.34. The zero-order valence-corrected chi connectivity index (χ0v) is 15.7. The van der Waals surface area contributed by atoms with E-state index in [-0.39, 0.29) is 17.3 Å². The first-order valence-corrected chi connectivity index (χ1v) is 9.33. The van der Waals surface area contributed by atoms with Crippen molar-refractivity contribution in [3.63, 3.8) is 0 Å². The maximum Gasteiger partial charge on any atom is 0.258 e. The molecular weight excluding hydrogens is 383 g/mol. The standard InChI is InChI=1S/C20H18ClFN4O2/c21-14-3-6-17-16(11-14)19(27)24-18(23-17)12-25-7-9-26(10-8-25)20(28)13-1-4-15(22)5-2-13/h1-6,11H,7-10,12H2,(H,23,24,27). The lowest BCUT2D eigenvalue weighted by molar-refractivity contribution is 0.0625. The summed E-state index contributed by atoms with van der Waals surface area (Å²) in [6, 6.07) is 10.6. The number of hydrogen-bond acceptors (Lipinski definition) is 4. The lowest BCUT2D eigenvalue weighted by atomic mass is 10.2. The lowest BCUT2D eigenvalue weighted by Crippen LogP contribution is -2.48. The van der Waals surface area contributed by atoms with E-state index in [0.29, 0.717) is 60.0 Å². The van der Waals surface area contributed by atoms with Crippen molar-refractivity contribution in [2.24, 2.45) is 0 Å². The van der Waals surface area contributed by atoms with E-state index in [9.17, 15) is 14.0 Å². The molecule has 0 saturated carbocycles. The van der Waals surface area contributed by atoms with Gasteiger partial charge >= 0.3 is 0 Å². The number of halogens is 2. The first-order valence-electron chi connectivity index (χ1n) is 8.95. The number of nitrogens with zero attached hydrogens (tertiary/aromatic N) is 3. The van der Waals surface area contributed by atoms with Gasteiger partial charge in [0.05, 0.1) is 17.4 Å². The molecule has 1 N–H and O–H groups in total. The molecule has 6 nitrogen and oxygen atoms in total. The molecule has 0 unspecified atom stereocenters. The average Bonchev–Trinajstić information content (AvgIpc) is 2.69. The van der Waals surface area contributed by atoms with Crippen LogP contribution in [0.2, 0.25) is 5.02 Å². The summed E-state index contributed by atoms with van der Waals surface area (Å²) < 4.78 is 13.0. The Labute approximate surface area is 165 Å². The molecule has 3 aromatic rings. The van der Waals surface area contributed by atoms with E-state index >= 15 is 0 Å². The Kier molecular flexibility index (Phi) is 5.11. The van der Waals surface area contributed by atoms with E-state index in [1.54, 1.807) is 23.1 Å². The van der Waals surface area contributed by atoms with Gasteiger partial charge in [-0.15, -0.1) is 0 Å². The number of rotatable bonds is 3. The highest BCUT2D eigenvalue weighted by molar-refractivity contribution is 6.31. The SMILES string of the molecule is O=C(c1ccc(F)cc1)N1CCN(Cc2nc3ccc(Cl)cc3c(=O)[nH]2)CC1. The number of benzene rings is 2. The Bertz CT molecular complexity index is 1080. The van der Waals surface area contributed by atoms with Crippen LogP contribution in [-0.4, -0.2) is 51.9 Å². The van der Waals surface area contributed by atoms with Crippen LogP contribution in [0.3, 0.4) is 0 Å². The van der Waals surface area contributed by atoms with E-state index < -0.39 is 0 Å². The first-order chi connectivity index (χ1) is 13.5. The number of piperazine rings is 1. The van der Waals surface area contributed by atoms with Crippen molar-refractivity contribution in [1.29, 1.82) is 0 Å². The van der Waals surface area contributed by atoms with Gasteiger partial charge in [-0.3, -0.25) is 14.5 Å². The minimum Gasteiger partial charge on any atom is -0.336 e. The van der Waals surface area contributed by atoms with Crippen LogP contribution in [-0.2, 0) is 6.54 Å². The molecule has 0 atom stereocenters. The van der Waals surface area contributed by atoms with Gasteiger partial charge in [0.1, 0.15) is 11.6 Å². The van der Waals surface area contributed by atoms with Crippen LogP contribution >= 0.6 is 11.6 Å². The average molecular weight is 401 g/mol. The summed E-state index contributed by atoms with van der Waals surface area (Å²) >= 11 is 5.94. The van der Waals surface area contributed by atoms with Crippen molar-refractivity contribution in [3.05, 3.63) is 75.0 Å². The smallest absolute Gasteiger partial charge is 0.258 e. The van der Waals surface area contributed by atoms with E-state index in [0.717, 1.165) is 0 Å². The van der Waals surface area contributed by atoms with Crippen LogP contribution < -0.4 is 5.56 Å². The maximum atomic E-state index is 13.0. The third-order valence-electron chi connectivity index (χ3n) is 4.84. The van der Waals surface area contributed by atoms with E-state index in [4.69, 9.17) is 11.6 Å². The van der Waals surface area contributed by atoms with Gasteiger partial charge in [-0.2, -0.15) is 0 Å². The largest absolute Gasteiger partial charge is 0.336 e. The Morgan fingerprint density at radius 2 is 1.82 bits per heavy atom. The second kappa shape index (κ2) is 7.69. The summed E-state index contributed by atoms with van der Waals surface area (Å²) in [5, 5.41) is 0.959. The zero-order valence-electron chi connectivity index (χ0n) is 15.0. The number of nitrogens with one attached hydrogen (secondary N) is 1. The summed E-state index contributed by atoms with van der Waals surface area (Å²) in [7, 11) is 0. The number of carbonyl (C=O) groups excluding carboxylic acids is 1. The third-order valence-corrected chi connectivity index (χ3v) is 5.08. The van der Waals surface area contributed by atoms with Crippen molar-refractivity contribution >= 4 is 28.4 Å². The first kappa shape index (κ1) is 18.6. The molecule has 1 aliphatic rings. The fourth-order valence-electron chi connectivity index (χ4n) is 3.33. The molecule has 1 saturated heterocycles. The molecule has 0 radical (unpaired) electrons. The third kappa shape index (κ3) is 3.90. The molecule has 1 aromatic heterocycles. The molecule has 0 bridgehead atoms. The number of aromatic amines is 1. The Balaban J connectivity index is 1.41. The number of hydrogen-bond donors (Lipinski definition) is 1. The normalized spacial score (nSPS) is 15.1. The molecule has 144 valence electrons. The van der Waals surface area contributed by atoms with Crippen LogP contribution in [0.4, 0.5) is 4.39 Å². The van der Waals surface area contributed by atoms with Gasteiger partial charge in [-0.05, 0) is 42.5 Å². The predicted molar refractivity (Wildman–Crippen MR) is 105 cm³/mol. The maximum absolute atomic E-state index is 13.0. The van der Waals surface area contributed by atoms with Crippen molar-refractivity contribution < 1.29 is 9.18 Å². The highest BCUT2D eigenvalue weighted by Crippen LogP contribution is 2.15. The number of aromatic nitrogens is 2. The molecular formula is C20H18ClFN4O2. The topological polar surface area (TPSA) is 69.3 Å². The van der Waals surface area contributed by atoms with Gasteiger partial charge in [0.25, 0.3) is 11.5 Å². The van der Waals surface area contributed by atoms with Crippen molar-refractivity contribution in [1.82, 2.24) is 19.8 Å². The summed E-state index contributed by atoms with van der Waals surface area (Å²) in [6.45, 7) is 2.93. The van der Waals surface area contributed by atoms with Gasteiger partial charge < -0.3 is 9.88 Å². The number of amides is 1. The molecule has 1 fully saturated rings. The van der Waals surface area contributed by atoms with Gasteiger partial charge in [-0.1, -0.05) is 11.6 Å². The molecule has 0 spiro atoms. The summed E-state index contributed by atoms with van der Waals surface area (Å²) in [5.74, 6) is 0.118. The van der Waals surface area contributed by atoms with Gasteiger partial charge in [0.2, 0.25) is 0 Å². The predicted octanol–water partition coefficient (Wildman–Crippen LogP) is 2.67. The molecule has 8 heteroatoms. The Morgan fingerprint density at radius 3 is 2.54 bits per heavy atom. The second-order valence-corrected chi connectivity index (χ2v) is 7.19. The van der Waals surface area contributed by atoms with E-state index in [1.807, 2.05) is 0 Å². The van der Waals surface area contributed by atoms with Crippen LogP contribution in [0.25, 0.3) is 10.9 Å². The molecule has 0 aliphatic carbocycles. The van der Waals surface area contributed by atoms with Crippen LogP contribution in [0.5, 0.6) is 0 Å². The minimum absolute atomic E-state index is 0.103. The Morgan fingerprint density at radius 1 is 1.11 bits per heavy atom. The zero-order chi connectivity index (χ0) is 19.7. The highest BCUT2D eigenvalue weighted by Gasteiger charge is 2.22. The van der Waals surface area contributed by atoms with Crippen LogP contribution in [0, 0.1) is 5.82 Å². The monoisotopic (exact) mass is 400 g/mol. The molecule has 2 heterocycles. The van der Waals surface area contributed by atoms with Crippen LogP contribution in [0.1, 0.15) is 16.2 Å². The van der Waals surface area contributed by atoms with E-state index in [1.165, 1.54) is 24.3 Å². The van der Waals surface area contributed by atoms with Gasteiger partial charge in [-0.25, -0.2) is 9.37 Å². The highest BCUT2D eigenvalue weighted by atomic mass is 35.5. The minimum atomic E-state index is -0.361. The van der Waals surface area contributed by atoms with Crippen molar-refractivity contribution in [2.45, 2.75) is 6.54 Å². The van der Waals surface area contributed by atoms with Crippen molar-refractivity contribution in [2.75, 3.05) is 26.2 Å². The number of fused-ring (bicyclic) bond motifs is 1. The summed E-state index contributed by atoms with van der Waals surface area (Å²) in [6.07, 6.45) is 0. The molecule has 2 aromatic carbocycles. The molecule has 1 aliphatic heterocycles. The fourth-order valence-corrected chi connectivity index (χ4v) is 3.50. The van der Waals surface area contributed by atoms with Gasteiger partial charge in [0.15, 0.2) is 0 Å².